The Morgan fingerprint density at radius 3 is 2.41 bits per heavy atom. The first-order chi connectivity index (χ1) is 14.1. The molecule has 150 valence electrons. The number of hydrogen-bond donors (Lipinski definition) is 1. The van der Waals surface area contributed by atoms with E-state index in [1.165, 1.54) is 44.2 Å². The van der Waals surface area contributed by atoms with Gasteiger partial charge in [0.05, 0.1) is 10.5 Å². The van der Waals surface area contributed by atoms with E-state index in [1.807, 2.05) is 0 Å². The second-order valence-corrected chi connectivity index (χ2v) is 8.77. The average molecular weight is 392 g/mol. The van der Waals surface area contributed by atoms with Crippen molar-refractivity contribution < 1.29 is 14.1 Å². The predicted molar refractivity (Wildman–Crippen MR) is 109 cm³/mol. The van der Waals surface area contributed by atoms with Crippen LogP contribution in [0.15, 0.2) is 46.9 Å². The molecule has 1 aromatic carbocycles. The summed E-state index contributed by atoms with van der Waals surface area (Å²) in [7, 11) is 0. The highest BCUT2D eigenvalue weighted by Crippen LogP contribution is 2.53. The summed E-state index contributed by atoms with van der Waals surface area (Å²) in [4.78, 5) is 23.3. The summed E-state index contributed by atoms with van der Waals surface area (Å²) in [6.45, 7) is 0. The molecule has 4 aliphatic carbocycles. The molecule has 0 radical (unpaired) electrons. The fourth-order valence-electron chi connectivity index (χ4n) is 5.96. The van der Waals surface area contributed by atoms with Crippen molar-refractivity contribution >= 4 is 17.7 Å². The number of nitrogens with one attached hydrogen (secondary N) is 1. The van der Waals surface area contributed by atoms with Crippen LogP contribution in [0.2, 0.25) is 0 Å². The van der Waals surface area contributed by atoms with Crippen molar-refractivity contribution in [1.29, 1.82) is 0 Å². The summed E-state index contributed by atoms with van der Waals surface area (Å²) in [6, 6.07) is 10.2. The molecule has 4 fully saturated rings. The number of nitro benzene ring substituents is 1. The Bertz CT molecular complexity index is 949. The summed E-state index contributed by atoms with van der Waals surface area (Å²) in [5, 5.41) is 14.4. The number of para-hydroxylation sites is 1. The predicted octanol–water partition coefficient (Wildman–Crippen LogP) is 4.81. The molecule has 0 unspecified atom stereocenters. The first-order valence-electron chi connectivity index (χ1n) is 10.4. The van der Waals surface area contributed by atoms with Gasteiger partial charge in [-0.1, -0.05) is 12.1 Å². The Morgan fingerprint density at radius 1 is 1.03 bits per heavy atom. The standard InChI is InChI=1S/C23H24N2O4/c26-22(24-23-16-10-14-9-15(12-16)13-17(23)11-14)8-6-18-5-7-21(29-18)19-3-1-2-4-20(19)25(27)28/h1-8,14-17,23H,9-13H2,(H,24,26)/b8-6+. The molecule has 4 bridgehead atoms. The Kier molecular flexibility index (Phi) is 4.49. The van der Waals surface area contributed by atoms with E-state index in [2.05, 4.69) is 5.32 Å². The molecule has 6 heteroatoms. The molecule has 29 heavy (non-hydrogen) atoms. The molecule has 2 aromatic rings. The largest absolute Gasteiger partial charge is 0.456 e. The SMILES string of the molecule is O=C(/C=C/c1ccc(-c2ccccc2[N+](=O)[O-])o1)NC1C2CC3CC(C2)CC1C3. The first-order valence-corrected chi connectivity index (χ1v) is 10.4. The van der Waals surface area contributed by atoms with Gasteiger partial charge in [-0.3, -0.25) is 14.9 Å². The lowest BCUT2D eigenvalue weighted by molar-refractivity contribution is -0.384. The van der Waals surface area contributed by atoms with Crippen molar-refractivity contribution in [3.8, 4) is 11.3 Å². The van der Waals surface area contributed by atoms with Crippen molar-refractivity contribution in [3.63, 3.8) is 0 Å². The number of carbonyl (C=O) groups is 1. The minimum atomic E-state index is -0.425. The Morgan fingerprint density at radius 2 is 1.72 bits per heavy atom. The van der Waals surface area contributed by atoms with Crippen LogP contribution < -0.4 is 5.32 Å². The van der Waals surface area contributed by atoms with Gasteiger partial charge in [-0.25, -0.2) is 0 Å². The Balaban J connectivity index is 1.26. The van der Waals surface area contributed by atoms with Crippen molar-refractivity contribution in [2.24, 2.45) is 23.7 Å². The number of furan rings is 1. The number of nitrogens with zero attached hydrogens (tertiary/aromatic N) is 1. The van der Waals surface area contributed by atoms with Crippen LogP contribution in [0.3, 0.4) is 0 Å². The van der Waals surface area contributed by atoms with Crippen molar-refractivity contribution in [2.45, 2.75) is 38.1 Å². The number of nitro groups is 1. The molecule has 0 spiro atoms. The van der Waals surface area contributed by atoms with Crippen LogP contribution in [-0.2, 0) is 4.79 Å². The summed E-state index contributed by atoms with van der Waals surface area (Å²) in [6.07, 6.45) is 9.58. The average Bonchev–Trinajstić information content (AvgIpc) is 3.17. The molecule has 0 saturated heterocycles. The Hall–Kier alpha value is -2.89. The highest BCUT2D eigenvalue weighted by atomic mass is 16.6. The van der Waals surface area contributed by atoms with Crippen LogP contribution in [-0.4, -0.2) is 16.9 Å². The normalized spacial score (nSPS) is 30.0. The maximum atomic E-state index is 12.5. The third kappa shape index (κ3) is 3.48. The summed E-state index contributed by atoms with van der Waals surface area (Å²) >= 11 is 0. The number of benzene rings is 1. The zero-order valence-corrected chi connectivity index (χ0v) is 16.1. The van der Waals surface area contributed by atoms with Gasteiger partial charge in [0, 0.05) is 18.2 Å². The molecular weight excluding hydrogens is 368 g/mol. The molecule has 1 aromatic heterocycles. The van der Waals surface area contributed by atoms with Gasteiger partial charge < -0.3 is 9.73 Å². The molecule has 6 rings (SSSR count). The van der Waals surface area contributed by atoms with Crippen molar-refractivity contribution in [3.05, 3.63) is 58.3 Å². The minimum Gasteiger partial charge on any atom is -0.456 e. The third-order valence-corrected chi connectivity index (χ3v) is 6.93. The van der Waals surface area contributed by atoms with Crippen molar-refractivity contribution in [1.82, 2.24) is 5.32 Å². The van der Waals surface area contributed by atoms with Gasteiger partial charge in [0.15, 0.2) is 0 Å². The van der Waals surface area contributed by atoms with Crippen molar-refractivity contribution in [2.75, 3.05) is 0 Å². The van der Waals surface area contributed by atoms with E-state index in [0.717, 1.165) is 11.8 Å². The molecule has 0 atom stereocenters. The second kappa shape index (κ2) is 7.17. The van der Waals surface area contributed by atoms with E-state index in [1.54, 1.807) is 36.4 Å². The number of rotatable bonds is 5. The quantitative estimate of drug-likeness (QED) is 0.449. The molecule has 6 nitrogen and oxygen atoms in total. The zero-order chi connectivity index (χ0) is 20.0. The zero-order valence-electron chi connectivity index (χ0n) is 16.1. The number of carbonyl (C=O) groups excluding carboxylic acids is 1. The fourth-order valence-corrected chi connectivity index (χ4v) is 5.96. The molecule has 4 aliphatic rings. The van der Waals surface area contributed by atoms with E-state index in [-0.39, 0.29) is 11.6 Å². The van der Waals surface area contributed by atoms with E-state index < -0.39 is 4.92 Å². The van der Waals surface area contributed by atoms with E-state index in [0.29, 0.717) is 35.0 Å². The lowest BCUT2D eigenvalue weighted by atomic mass is 9.54. The highest BCUT2D eigenvalue weighted by Gasteiger charge is 2.48. The first kappa shape index (κ1) is 18.2. The van der Waals surface area contributed by atoms with Gasteiger partial charge >= 0.3 is 0 Å². The van der Waals surface area contributed by atoms with Crippen LogP contribution in [0.25, 0.3) is 17.4 Å². The van der Waals surface area contributed by atoms with Crippen LogP contribution in [0.4, 0.5) is 5.69 Å². The molecule has 1 N–H and O–H groups in total. The minimum absolute atomic E-state index is 0.00277. The van der Waals surface area contributed by atoms with Gasteiger partial charge in [0.1, 0.15) is 11.5 Å². The molecule has 4 saturated carbocycles. The molecule has 0 aliphatic heterocycles. The highest BCUT2D eigenvalue weighted by molar-refractivity contribution is 5.91. The summed E-state index contributed by atoms with van der Waals surface area (Å²) < 4.78 is 5.72. The monoisotopic (exact) mass is 392 g/mol. The van der Waals surface area contributed by atoms with E-state index in [4.69, 9.17) is 4.42 Å². The topological polar surface area (TPSA) is 85.4 Å². The lowest BCUT2D eigenvalue weighted by Gasteiger charge is -2.54. The third-order valence-electron chi connectivity index (χ3n) is 6.93. The summed E-state index contributed by atoms with van der Waals surface area (Å²) in [5.74, 6) is 3.85. The molecule has 1 amide bonds. The lowest BCUT2D eigenvalue weighted by Crippen LogP contribution is -2.55. The van der Waals surface area contributed by atoms with Gasteiger partial charge in [0.25, 0.3) is 5.69 Å². The summed E-state index contributed by atoms with van der Waals surface area (Å²) in [5.41, 5.74) is 0.423. The number of hydrogen-bond acceptors (Lipinski definition) is 4. The van der Waals surface area contributed by atoms with Crippen LogP contribution in [0.1, 0.15) is 37.9 Å². The van der Waals surface area contributed by atoms with Gasteiger partial charge in [-0.15, -0.1) is 0 Å². The van der Waals surface area contributed by atoms with Gasteiger partial charge in [-0.2, -0.15) is 0 Å². The van der Waals surface area contributed by atoms with Gasteiger partial charge in [0.2, 0.25) is 5.91 Å². The molecule has 1 heterocycles. The maximum absolute atomic E-state index is 12.5. The van der Waals surface area contributed by atoms with Crippen LogP contribution in [0, 0.1) is 33.8 Å². The van der Waals surface area contributed by atoms with E-state index >= 15 is 0 Å². The Labute approximate surface area is 169 Å². The maximum Gasteiger partial charge on any atom is 0.280 e. The van der Waals surface area contributed by atoms with Gasteiger partial charge in [-0.05, 0) is 80.1 Å². The van der Waals surface area contributed by atoms with E-state index in [9.17, 15) is 14.9 Å². The second-order valence-electron chi connectivity index (χ2n) is 8.77. The fraction of sp³-hybridized carbons (Fsp3) is 0.435. The number of amides is 1. The smallest absolute Gasteiger partial charge is 0.280 e. The van der Waals surface area contributed by atoms with Crippen LogP contribution >= 0.6 is 0 Å². The van der Waals surface area contributed by atoms with Crippen LogP contribution in [0.5, 0.6) is 0 Å². The molecular formula is C23H24N2O4.